The number of amides is 1. The number of aliphatic hydroxyl groups is 1. The molecular formula is C36H64N2O10. The Hall–Kier alpha value is -4.03. The van der Waals surface area contributed by atoms with Crippen molar-refractivity contribution in [3.63, 3.8) is 0 Å². The molecule has 0 rings (SSSR count). The summed E-state index contributed by atoms with van der Waals surface area (Å²) in [5.41, 5.74) is 1.34. The molecule has 4 N–H and O–H groups in total. The minimum atomic E-state index is -0.981. The molecule has 0 aliphatic carbocycles. The molecule has 0 radical (unpaired) electrons. The largest absolute Gasteiger partial charge is 0.478 e. The number of hydrogen-bond acceptors (Lipinski definition) is 10. The maximum atomic E-state index is 11.1. The minimum Gasteiger partial charge on any atom is -0.478 e. The lowest BCUT2D eigenvalue weighted by molar-refractivity contribution is -0.141. The third kappa shape index (κ3) is 48.9. The van der Waals surface area contributed by atoms with Crippen molar-refractivity contribution >= 4 is 29.8 Å². The first-order valence-electron chi connectivity index (χ1n) is 15.1. The standard InChI is InChI=1S/C11H21NO.C10H19NO2.C7H12O3.C5H8O2.C3H4O2/c1-7-9(13)12-11(5,6)8-10(2,3)4;1-8(2)9(12)13-7-6-11-10(3,4)5;1-5(2)7(9)10-4-6(3)8;1-4(2)5(6)7-3;1-2-3(4)5/h7H,1,8H2,2-6H3,(H,12,13);11H,1,6-7H2,2-5H3;6,8H,1,4H2,2-3H3;1H2,2-3H3;2H,1H2,(H,4,5)/t;;6-;;/m..1../s1. The number of carbonyl (C=O) groups excluding carboxylic acids is 4. The number of carbonyl (C=O) groups is 5. The number of esters is 3. The summed E-state index contributed by atoms with van der Waals surface area (Å²) in [6, 6.07) is 0. The van der Waals surface area contributed by atoms with Gasteiger partial charge in [-0.05, 0) is 80.2 Å². The molecule has 278 valence electrons. The number of carboxylic acid groups (broad SMARTS) is 1. The zero-order valence-electron chi connectivity index (χ0n) is 31.8. The van der Waals surface area contributed by atoms with E-state index >= 15 is 0 Å². The Kier molecular flexibility index (Phi) is 31.2. The predicted octanol–water partition coefficient (Wildman–Crippen LogP) is 5.48. The molecule has 0 bridgehead atoms. The average Bonchev–Trinajstić information content (AvgIpc) is 2.92. The lowest BCUT2D eigenvalue weighted by Gasteiger charge is -2.32. The summed E-state index contributed by atoms with van der Waals surface area (Å²) in [6.07, 6.45) is 2.48. The number of hydrogen-bond donors (Lipinski definition) is 4. The van der Waals surface area contributed by atoms with Crippen molar-refractivity contribution < 1.29 is 48.4 Å². The van der Waals surface area contributed by atoms with E-state index in [2.05, 4.69) is 94.5 Å². The molecule has 0 unspecified atom stereocenters. The molecule has 0 aliphatic heterocycles. The number of ether oxygens (including phenoxy) is 3. The molecule has 0 heterocycles. The van der Waals surface area contributed by atoms with Crippen LogP contribution in [0.5, 0.6) is 0 Å². The highest BCUT2D eigenvalue weighted by atomic mass is 16.5. The third-order valence-corrected chi connectivity index (χ3v) is 4.47. The normalized spacial score (nSPS) is 10.7. The molecule has 0 fully saturated rings. The van der Waals surface area contributed by atoms with Gasteiger partial charge in [0.2, 0.25) is 5.91 Å². The first-order valence-corrected chi connectivity index (χ1v) is 15.1. The Morgan fingerprint density at radius 3 is 1.42 bits per heavy atom. The zero-order chi connectivity index (χ0) is 39.5. The topological polar surface area (TPSA) is 178 Å². The second kappa shape index (κ2) is 28.0. The average molecular weight is 685 g/mol. The Bertz CT molecular complexity index is 1060. The van der Waals surface area contributed by atoms with Crippen molar-refractivity contribution in [2.75, 3.05) is 26.9 Å². The van der Waals surface area contributed by atoms with Gasteiger partial charge in [0.25, 0.3) is 0 Å². The second-order valence-electron chi connectivity index (χ2n) is 13.4. The van der Waals surface area contributed by atoms with Crippen molar-refractivity contribution in [1.29, 1.82) is 0 Å². The first-order chi connectivity index (χ1) is 21.5. The van der Waals surface area contributed by atoms with E-state index in [0.29, 0.717) is 29.9 Å². The highest BCUT2D eigenvalue weighted by molar-refractivity contribution is 5.88. The fourth-order valence-electron chi connectivity index (χ4n) is 2.94. The van der Waals surface area contributed by atoms with Crippen LogP contribution in [0.4, 0.5) is 0 Å². The molecule has 0 aromatic heterocycles. The van der Waals surface area contributed by atoms with Gasteiger partial charge in [-0.15, -0.1) is 0 Å². The number of carboxylic acids is 1. The maximum Gasteiger partial charge on any atom is 0.333 e. The summed E-state index contributed by atoms with van der Waals surface area (Å²) in [4.78, 5) is 52.1. The molecule has 0 aromatic carbocycles. The van der Waals surface area contributed by atoms with Crippen LogP contribution in [0, 0.1) is 5.41 Å². The van der Waals surface area contributed by atoms with Crippen molar-refractivity contribution in [2.24, 2.45) is 5.41 Å². The zero-order valence-corrected chi connectivity index (χ0v) is 31.8. The summed E-state index contributed by atoms with van der Waals surface area (Å²) < 4.78 is 13.7. The van der Waals surface area contributed by atoms with Crippen LogP contribution in [0.25, 0.3) is 0 Å². The van der Waals surface area contributed by atoms with E-state index in [0.717, 1.165) is 12.5 Å². The lowest BCUT2D eigenvalue weighted by atomic mass is 9.82. The molecule has 48 heavy (non-hydrogen) atoms. The molecule has 1 amide bonds. The van der Waals surface area contributed by atoms with Gasteiger partial charge in [0, 0.05) is 40.4 Å². The van der Waals surface area contributed by atoms with Crippen molar-refractivity contribution in [1.82, 2.24) is 10.6 Å². The smallest absolute Gasteiger partial charge is 0.333 e. The molecule has 12 nitrogen and oxygen atoms in total. The summed E-state index contributed by atoms with van der Waals surface area (Å²) >= 11 is 0. The van der Waals surface area contributed by atoms with Crippen LogP contribution in [0.2, 0.25) is 0 Å². The van der Waals surface area contributed by atoms with Crippen LogP contribution in [0.15, 0.2) is 61.8 Å². The summed E-state index contributed by atoms with van der Waals surface area (Å²) in [5.74, 6) is -2.21. The van der Waals surface area contributed by atoms with Crippen molar-refractivity contribution in [3.8, 4) is 0 Å². The quantitative estimate of drug-likeness (QED) is 0.0886. The number of aliphatic hydroxyl groups excluding tert-OH is 1. The van der Waals surface area contributed by atoms with E-state index in [1.54, 1.807) is 27.7 Å². The van der Waals surface area contributed by atoms with E-state index in [1.165, 1.54) is 13.2 Å². The van der Waals surface area contributed by atoms with Crippen molar-refractivity contribution in [3.05, 3.63) is 61.8 Å². The van der Waals surface area contributed by atoms with Gasteiger partial charge in [0.05, 0.1) is 13.2 Å². The van der Waals surface area contributed by atoms with E-state index in [4.69, 9.17) is 14.9 Å². The SMILES string of the molecule is C=C(C)C(=O)OC.C=C(C)C(=O)OCCNC(C)(C)C.C=C(C)C(=O)OC[C@@H](C)O.C=CC(=O)NC(C)(C)CC(C)(C)C.C=CC(=O)O. The lowest BCUT2D eigenvalue weighted by Crippen LogP contribution is -2.45. The van der Waals surface area contributed by atoms with Gasteiger partial charge in [-0.25, -0.2) is 19.2 Å². The highest BCUT2D eigenvalue weighted by Crippen LogP contribution is 2.26. The molecule has 1 atom stereocenters. The number of methoxy groups -OCH3 is 1. The second-order valence-corrected chi connectivity index (χ2v) is 13.4. The fourth-order valence-corrected chi connectivity index (χ4v) is 2.94. The molecule has 12 heteroatoms. The monoisotopic (exact) mass is 684 g/mol. The number of nitrogens with one attached hydrogen (secondary N) is 2. The Balaban J connectivity index is -0.000000167. The predicted molar refractivity (Wildman–Crippen MR) is 192 cm³/mol. The van der Waals surface area contributed by atoms with Gasteiger partial charge in [0.1, 0.15) is 13.2 Å². The first kappa shape index (κ1) is 53.5. The van der Waals surface area contributed by atoms with E-state index in [1.807, 2.05) is 13.8 Å². The third-order valence-electron chi connectivity index (χ3n) is 4.47. The Morgan fingerprint density at radius 1 is 0.771 bits per heavy atom. The van der Waals surface area contributed by atoms with Gasteiger partial charge < -0.3 is 35.1 Å². The highest BCUT2D eigenvalue weighted by Gasteiger charge is 2.26. The van der Waals surface area contributed by atoms with Gasteiger partial charge in [-0.1, -0.05) is 53.7 Å². The Morgan fingerprint density at radius 2 is 1.17 bits per heavy atom. The molecule has 0 aliphatic rings. The van der Waals surface area contributed by atoms with Gasteiger partial charge >= 0.3 is 23.9 Å². The van der Waals surface area contributed by atoms with Crippen LogP contribution < -0.4 is 10.6 Å². The van der Waals surface area contributed by atoms with Gasteiger partial charge in [-0.2, -0.15) is 0 Å². The Labute approximate surface area is 289 Å². The van der Waals surface area contributed by atoms with Crippen molar-refractivity contribution in [2.45, 2.75) is 107 Å². The maximum absolute atomic E-state index is 11.1. The summed E-state index contributed by atoms with van der Waals surface area (Å²) in [6.45, 7) is 40.8. The molecule has 0 saturated heterocycles. The fraction of sp³-hybridized carbons (Fsp3) is 0.583. The summed E-state index contributed by atoms with van der Waals surface area (Å²) in [5, 5.41) is 22.4. The van der Waals surface area contributed by atoms with Gasteiger partial charge in [-0.3, -0.25) is 4.79 Å². The number of rotatable bonds is 12. The molecule has 0 aromatic rings. The minimum absolute atomic E-state index is 0.0334. The molecule has 0 spiro atoms. The van der Waals surface area contributed by atoms with Crippen LogP contribution >= 0.6 is 0 Å². The van der Waals surface area contributed by atoms with Crippen LogP contribution in [0.1, 0.15) is 89.5 Å². The van der Waals surface area contributed by atoms with E-state index in [9.17, 15) is 24.0 Å². The van der Waals surface area contributed by atoms with E-state index < -0.39 is 18.0 Å². The van der Waals surface area contributed by atoms with Crippen LogP contribution in [0.3, 0.4) is 0 Å². The molecule has 0 saturated carbocycles. The van der Waals surface area contributed by atoms with Gasteiger partial charge in [0.15, 0.2) is 0 Å². The summed E-state index contributed by atoms with van der Waals surface area (Å²) in [7, 11) is 1.33. The number of aliphatic carboxylic acids is 1. The molecular weight excluding hydrogens is 620 g/mol. The van der Waals surface area contributed by atoms with Crippen LogP contribution in [-0.4, -0.2) is 84.0 Å². The van der Waals surface area contributed by atoms with Crippen LogP contribution in [-0.2, 0) is 38.2 Å². The van der Waals surface area contributed by atoms with E-state index in [-0.39, 0.29) is 40.9 Å².